The van der Waals surface area contributed by atoms with Crippen LogP contribution in [0.1, 0.15) is 10.4 Å². The number of sulfone groups is 1. The van der Waals surface area contributed by atoms with E-state index in [-0.39, 0.29) is 5.56 Å². The highest BCUT2D eigenvalue weighted by molar-refractivity contribution is 7.91. The van der Waals surface area contributed by atoms with Gasteiger partial charge in [-0.3, -0.25) is 4.79 Å². The molecule has 1 aromatic carbocycles. The number of rotatable bonds is 3. The van der Waals surface area contributed by atoms with Crippen LogP contribution in [0.4, 0.5) is 4.39 Å². The van der Waals surface area contributed by atoms with E-state index in [1.165, 1.54) is 24.4 Å². The predicted molar refractivity (Wildman–Crippen MR) is 62.3 cm³/mol. The smallest absolute Gasteiger partial charge is 0.179 e. The van der Waals surface area contributed by atoms with Gasteiger partial charge in [-0.05, 0) is 18.2 Å². The van der Waals surface area contributed by atoms with E-state index in [0.29, 0.717) is 10.9 Å². The average molecular weight is 255 g/mol. The lowest BCUT2D eigenvalue weighted by molar-refractivity contribution is 0.102. The van der Waals surface area contributed by atoms with Crippen molar-refractivity contribution in [1.29, 1.82) is 0 Å². The van der Waals surface area contributed by atoms with E-state index >= 15 is 0 Å². The zero-order valence-corrected chi connectivity index (χ0v) is 9.84. The number of Topliss-reactive ketones (excluding diaryl/α,β-unsaturated/α-hetero) is 1. The van der Waals surface area contributed by atoms with Crippen molar-refractivity contribution in [3.05, 3.63) is 35.8 Å². The molecule has 0 bridgehead atoms. The van der Waals surface area contributed by atoms with Gasteiger partial charge in [0.1, 0.15) is 11.6 Å². The van der Waals surface area contributed by atoms with Crippen LogP contribution in [0.15, 0.2) is 24.4 Å². The van der Waals surface area contributed by atoms with Crippen LogP contribution in [0.5, 0.6) is 0 Å². The van der Waals surface area contributed by atoms with Crippen LogP contribution in [0.25, 0.3) is 10.9 Å². The van der Waals surface area contributed by atoms with Gasteiger partial charge in [0.2, 0.25) is 0 Å². The standard InChI is InChI=1S/C11H10FNO3S/c1-17(15,16)6-11(14)9-5-13-10-4-7(12)2-3-8(9)10/h2-5,13H,6H2,1H3. The minimum absolute atomic E-state index is 0.269. The monoisotopic (exact) mass is 255 g/mol. The molecule has 6 heteroatoms. The number of nitrogens with one attached hydrogen (secondary N) is 1. The number of aromatic amines is 1. The van der Waals surface area contributed by atoms with E-state index in [4.69, 9.17) is 0 Å². The quantitative estimate of drug-likeness (QED) is 0.846. The van der Waals surface area contributed by atoms with Gasteiger partial charge in [0, 0.05) is 28.9 Å². The molecule has 0 aliphatic carbocycles. The minimum atomic E-state index is -3.36. The first-order chi connectivity index (χ1) is 7.87. The molecule has 0 fully saturated rings. The molecule has 1 N–H and O–H groups in total. The fraction of sp³-hybridized carbons (Fsp3) is 0.182. The summed E-state index contributed by atoms with van der Waals surface area (Å²) in [4.78, 5) is 14.5. The van der Waals surface area contributed by atoms with Gasteiger partial charge in [-0.2, -0.15) is 0 Å². The molecule has 0 aliphatic rings. The molecule has 0 amide bonds. The van der Waals surface area contributed by atoms with Crippen LogP contribution in [-0.2, 0) is 9.84 Å². The number of hydrogen-bond donors (Lipinski definition) is 1. The number of aromatic nitrogens is 1. The lowest BCUT2D eigenvalue weighted by Gasteiger charge is -1.97. The Morgan fingerprint density at radius 1 is 1.41 bits per heavy atom. The van der Waals surface area contributed by atoms with Gasteiger partial charge in [-0.1, -0.05) is 0 Å². The summed E-state index contributed by atoms with van der Waals surface area (Å²) in [6.45, 7) is 0. The van der Waals surface area contributed by atoms with E-state index in [2.05, 4.69) is 4.98 Å². The van der Waals surface area contributed by atoms with Crippen LogP contribution in [0.3, 0.4) is 0 Å². The molecular weight excluding hydrogens is 245 g/mol. The maximum atomic E-state index is 12.9. The highest BCUT2D eigenvalue weighted by atomic mass is 32.2. The molecule has 1 heterocycles. The van der Waals surface area contributed by atoms with Crippen molar-refractivity contribution in [3.8, 4) is 0 Å². The summed E-state index contributed by atoms with van der Waals surface area (Å²) in [6, 6.07) is 3.94. The molecule has 0 atom stereocenters. The third kappa shape index (κ3) is 2.52. The number of fused-ring (bicyclic) bond motifs is 1. The molecule has 0 spiro atoms. The van der Waals surface area contributed by atoms with Crippen molar-refractivity contribution in [2.45, 2.75) is 0 Å². The molecule has 2 aromatic rings. The van der Waals surface area contributed by atoms with Crippen molar-refractivity contribution < 1.29 is 17.6 Å². The summed E-state index contributed by atoms with van der Waals surface area (Å²) in [5, 5.41) is 0.528. The molecule has 0 aliphatic heterocycles. The third-order valence-electron chi connectivity index (χ3n) is 2.34. The van der Waals surface area contributed by atoms with E-state index < -0.39 is 27.2 Å². The number of carbonyl (C=O) groups is 1. The first kappa shape index (κ1) is 11.8. The molecule has 90 valence electrons. The number of hydrogen-bond acceptors (Lipinski definition) is 3. The molecule has 0 unspecified atom stereocenters. The van der Waals surface area contributed by atoms with Crippen molar-refractivity contribution in [3.63, 3.8) is 0 Å². The number of benzene rings is 1. The maximum Gasteiger partial charge on any atom is 0.179 e. The Labute approximate surface area is 97.4 Å². The first-order valence-electron chi connectivity index (χ1n) is 4.84. The fourth-order valence-corrected chi connectivity index (χ4v) is 2.28. The van der Waals surface area contributed by atoms with E-state index in [1.54, 1.807) is 0 Å². The van der Waals surface area contributed by atoms with E-state index in [9.17, 15) is 17.6 Å². The molecule has 2 rings (SSSR count). The van der Waals surface area contributed by atoms with Gasteiger partial charge in [0.15, 0.2) is 15.6 Å². The number of H-pyrrole nitrogens is 1. The SMILES string of the molecule is CS(=O)(=O)CC(=O)c1c[nH]c2cc(F)ccc12. The average Bonchev–Trinajstić information content (AvgIpc) is 2.57. The first-order valence-corrected chi connectivity index (χ1v) is 6.90. The second kappa shape index (κ2) is 3.96. The topological polar surface area (TPSA) is 67.0 Å². The Hall–Kier alpha value is -1.69. The summed E-state index contributed by atoms with van der Waals surface area (Å²) in [7, 11) is -3.36. The lowest BCUT2D eigenvalue weighted by atomic mass is 10.1. The second-order valence-electron chi connectivity index (χ2n) is 3.89. The zero-order valence-electron chi connectivity index (χ0n) is 9.03. The van der Waals surface area contributed by atoms with Crippen molar-refractivity contribution in [1.82, 2.24) is 4.98 Å². The highest BCUT2D eigenvalue weighted by Gasteiger charge is 2.17. The Kier molecular flexibility index (Phi) is 2.74. The highest BCUT2D eigenvalue weighted by Crippen LogP contribution is 2.19. The van der Waals surface area contributed by atoms with Gasteiger partial charge in [0.05, 0.1) is 0 Å². The number of halogens is 1. The predicted octanol–water partition coefficient (Wildman–Crippen LogP) is 1.53. The van der Waals surface area contributed by atoms with E-state index in [1.807, 2.05) is 0 Å². The van der Waals surface area contributed by atoms with Gasteiger partial charge in [-0.25, -0.2) is 12.8 Å². The normalized spacial score (nSPS) is 11.9. The molecule has 4 nitrogen and oxygen atoms in total. The van der Waals surface area contributed by atoms with Crippen LogP contribution in [0.2, 0.25) is 0 Å². The molecule has 0 saturated carbocycles. The Balaban J connectivity index is 2.46. The zero-order chi connectivity index (χ0) is 12.6. The molecule has 0 saturated heterocycles. The van der Waals surface area contributed by atoms with Crippen molar-refractivity contribution in [2.75, 3.05) is 12.0 Å². The summed E-state index contributed by atoms with van der Waals surface area (Å²) in [5.74, 6) is -1.45. The van der Waals surface area contributed by atoms with Crippen LogP contribution in [-0.4, -0.2) is 31.2 Å². The Morgan fingerprint density at radius 3 is 2.76 bits per heavy atom. The van der Waals surface area contributed by atoms with Gasteiger partial charge in [-0.15, -0.1) is 0 Å². The fourth-order valence-electron chi connectivity index (χ4n) is 1.65. The summed E-state index contributed by atoms with van der Waals surface area (Å²) >= 11 is 0. The van der Waals surface area contributed by atoms with Crippen molar-refractivity contribution >= 4 is 26.5 Å². The number of carbonyl (C=O) groups excluding carboxylic acids is 1. The third-order valence-corrected chi connectivity index (χ3v) is 3.12. The Morgan fingerprint density at radius 2 is 2.12 bits per heavy atom. The summed E-state index contributed by atoms with van der Waals surface area (Å²) in [5.41, 5.74) is 0.743. The molecule has 1 aromatic heterocycles. The van der Waals surface area contributed by atoms with Gasteiger partial charge >= 0.3 is 0 Å². The molecule has 0 radical (unpaired) electrons. The molecular formula is C11H10FNO3S. The lowest BCUT2D eigenvalue weighted by Crippen LogP contribution is -2.14. The summed E-state index contributed by atoms with van der Waals surface area (Å²) < 4.78 is 35.0. The molecule has 17 heavy (non-hydrogen) atoms. The van der Waals surface area contributed by atoms with Gasteiger partial charge < -0.3 is 4.98 Å². The van der Waals surface area contributed by atoms with E-state index in [0.717, 1.165) is 6.26 Å². The largest absolute Gasteiger partial charge is 0.360 e. The Bertz CT molecular complexity index is 688. The summed E-state index contributed by atoms with van der Waals surface area (Å²) in [6.07, 6.45) is 2.40. The maximum absolute atomic E-state index is 12.9. The minimum Gasteiger partial charge on any atom is -0.360 e. The van der Waals surface area contributed by atoms with Crippen LogP contribution < -0.4 is 0 Å². The van der Waals surface area contributed by atoms with Crippen molar-refractivity contribution in [2.24, 2.45) is 0 Å². The number of ketones is 1. The van der Waals surface area contributed by atoms with Crippen LogP contribution in [0, 0.1) is 5.82 Å². The van der Waals surface area contributed by atoms with Crippen LogP contribution >= 0.6 is 0 Å². The second-order valence-corrected chi connectivity index (χ2v) is 6.03. The van der Waals surface area contributed by atoms with Gasteiger partial charge in [0.25, 0.3) is 0 Å².